The van der Waals surface area contributed by atoms with Crippen molar-refractivity contribution < 1.29 is 10.2 Å². The summed E-state index contributed by atoms with van der Waals surface area (Å²) < 4.78 is 0. The topological polar surface area (TPSA) is 52.5 Å². The van der Waals surface area contributed by atoms with Crippen molar-refractivity contribution in [2.45, 2.75) is 19.0 Å². The molecule has 26 heavy (non-hydrogen) atoms. The quantitative estimate of drug-likeness (QED) is 0.379. The van der Waals surface area contributed by atoms with Crippen LogP contribution in [0.1, 0.15) is 12.5 Å². The first-order valence-electron chi connectivity index (χ1n) is 8.93. The SMILES string of the molecule is CC(CO)(CO)NCc1cc2ccccc2c2cc3ccccc3cc12. The van der Waals surface area contributed by atoms with Gasteiger partial charge in [0.25, 0.3) is 0 Å². The lowest BCUT2D eigenvalue weighted by Gasteiger charge is -2.27. The third-order valence-corrected chi connectivity index (χ3v) is 5.22. The van der Waals surface area contributed by atoms with Gasteiger partial charge in [0.15, 0.2) is 0 Å². The second kappa shape index (κ2) is 6.69. The van der Waals surface area contributed by atoms with Crippen LogP contribution in [0.25, 0.3) is 32.3 Å². The molecule has 0 amide bonds. The number of aliphatic hydroxyl groups excluding tert-OH is 2. The normalized spacial score (nSPS) is 12.3. The molecule has 0 atom stereocenters. The molecule has 0 aliphatic heterocycles. The predicted molar refractivity (Wildman–Crippen MR) is 108 cm³/mol. The van der Waals surface area contributed by atoms with E-state index in [9.17, 15) is 10.2 Å². The average molecular weight is 345 g/mol. The van der Waals surface area contributed by atoms with E-state index in [1.807, 2.05) is 6.92 Å². The van der Waals surface area contributed by atoms with Crippen molar-refractivity contribution in [1.82, 2.24) is 5.32 Å². The highest BCUT2D eigenvalue weighted by molar-refractivity contribution is 6.13. The average Bonchev–Trinajstić information content (AvgIpc) is 2.70. The summed E-state index contributed by atoms with van der Waals surface area (Å²) in [6.07, 6.45) is 0. The Bertz CT molecular complexity index is 1080. The van der Waals surface area contributed by atoms with Crippen molar-refractivity contribution in [2.24, 2.45) is 0 Å². The first-order valence-corrected chi connectivity index (χ1v) is 8.93. The zero-order valence-electron chi connectivity index (χ0n) is 14.9. The maximum atomic E-state index is 9.57. The fourth-order valence-corrected chi connectivity index (χ4v) is 3.48. The van der Waals surface area contributed by atoms with E-state index in [-0.39, 0.29) is 13.2 Å². The van der Waals surface area contributed by atoms with E-state index in [0.717, 1.165) is 5.56 Å². The summed E-state index contributed by atoms with van der Waals surface area (Å²) in [6.45, 7) is 2.18. The minimum Gasteiger partial charge on any atom is -0.394 e. The lowest BCUT2D eigenvalue weighted by atomic mass is 9.94. The second-order valence-electron chi connectivity index (χ2n) is 7.23. The number of nitrogens with one attached hydrogen (secondary N) is 1. The van der Waals surface area contributed by atoms with Gasteiger partial charge in [-0.25, -0.2) is 0 Å². The summed E-state index contributed by atoms with van der Waals surface area (Å²) in [7, 11) is 0. The molecule has 0 fully saturated rings. The van der Waals surface area contributed by atoms with Gasteiger partial charge < -0.3 is 15.5 Å². The summed E-state index contributed by atoms with van der Waals surface area (Å²) >= 11 is 0. The molecule has 0 aliphatic carbocycles. The van der Waals surface area contributed by atoms with Crippen molar-refractivity contribution in [3.63, 3.8) is 0 Å². The van der Waals surface area contributed by atoms with Gasteiger partial charge in [-0.05, 0) is 63.0 Å². The maximum absolute atomic E-state index is 9.57. The molecule has 4 aromatic rings. The van der Waals surface area contributed by atoms with Crippen molar-refractivity contribution in [2.75, 3.05) is 13.2 Å². The van der Waals surface area contributed by atoms with Crippen LogP contribution in [0, 0.1) is 0 Å². The van der Waals surface area contributed by atoms with E-state index in [1.54, 1.807) is 0 Å². The molecular weight excluding hydrogens is 322 g/mol. The van der Waals surface area contributed by atoms with Gasteiger partial charge in [0.05, 0.1) is 18.8 Å². The molecule has 4 rings (SSSR count). The smallest absolute Gasteiger partial charge is 0.0633 e. The third-order valence-electron chi connectivity index (χ3n) is 5.22. The Balaban J connectivity index is 1.93. The number of rotatable bonds is 5. The highest BCUT2D eigenvalue weighted by Crippen LogP contribution is 2.32. The first kappa shape index (κ1) is 17.0. The third kappa shape index (κ3) is 2.95. The number of benzene rings is 4. The summed E-state index contributed by atoms with van der Waals surface area (Å²) in [5.74, 6) is 0. The lowest BCUT2D eigenvalue weighted by Crippen LogP contribution is -2.48. The van der Waals surface area contributed by atoms with E-state index in [2.05, 4.69) is 72.0 Å². The molecule has 3 nitrogen and oxygen atoms in total. The highest BCUT2D eigenvalue weighted by Gasteiger charge is 2.21. The summed E-state index contributed by atoms with van der Waals surface area (Å²) in [4.78, 5) is 0. The molecule has 3 heteroatoms. The van der Waals surface area contributed by atoms with Crippen LogP contribution in [0.5, 0.6) is 0 Å². The van der Waals surface area contributed by atoms with Gasteiger partial charge in [-0.15, -0.1) is 0 Å². The van der Waals surface area contributed by atoms with Gasteiger partial charge in [-0.1, -0.05) is 48.5 Å². The Morgan fingerprint density at radius 3 is 1.96 bits per heavy atom. The number of hydrogen-bond acceptors (Lipinski definition) is 3. The standard InChI is InChI=1S/C23H23NO2/c1-23(14-25,15-26)24-13-19-10-18-8-4-5-9-20(18)22-12-17-7-3-2-6-16(17)11-21(19)22/h2-12,24-26H,13-15H2,1H3. The van der Waals surface area contributed by atoms with Gasteiger partial charge in [-0.3, -0.25) is 0 Å². The first-order chi connectivity index (χ1) is 12.6. The van der Waals surface area contributed by atoms with Gasteiger partial charge in [0, 0.05) is 6.54 Å². The minimum absolute atomic E-state index is 0.113. The van der Waals surface area contributed by atoms with Crippen molar-refractivity contribution in [3.8, 4) is 0 Å². The summed E-state index contributed by atoms with van der Waals surface area (Å²) in [6, 6.07) is 23.5. The Morgan fingerprint density at radius 1 is 0.731 bits per heavy atom. The molecule has 132 valence electrons. The molecule has 0 radical (unpaired) electrons. The molecule has 4 aromatic carbocycles. The van der Waals surface area contributed by atoms with Crippen LogP contribution >= 0.6 is 0 Å². The molecule has 0 bridgehead atoms. The largest absolute Gasteiger partial charge is 0.394 e. The fourth-order valence-electron chi connectivity index (χ4n) is 3.48. The summed E-state index contributed by atoms with van der Waals surface area (Å²) in [5.41, 5.74) is 0.465. The van der Waals surface area contributed by atoms with Crippen LogP contribution in [0.2, 0.25) is 0 Å². The molecule has 0 aromatic heterocycles. The van der Waals surface area contributed by atoms with E-state index >= 15 is 0 Å². The van der Waals surface area contributed by atoms with Crippen LogP contribution in [0.4, 0.5) is 0 Å². The van der Waals surface area contributed by atoms with Gasteiger partial charge >= 0.3 is 0 Å². The van der Waals surface area contributed by atoms with Crippen LogP contribution in [0.15, 0.2) is 66.7 Å². The van der Waals surface area contributed by atoms with E-state index in [4.69, 9.17) is 0 Å². The summed E-state index contributed by atoms with van der Waals surface area (Å²) in [5, 5.41) is 29.8. The van der Waals surface area contributed by atoms with Crippen LogP contribution in [-0.2, 0) is 6.54 Å². The van der Waals surface area contributed by atoms with Crippen LogP contribution in [-0.4, -0.2) is 29.0 Å². The zero-order chi connectivity index (χ0) is 18.1. The van der Waals surface area contributed by atoms with E-state index < -0.39 is 5.54 Å². The molecular formula is C23H23NO2. The number of aliphatic hydroxyl groups is 2. The second-order valence-corrected chi connectivity index (χ2v) is 7.23. The van der Waals surface area contributed by atoms with E-state index in [0.29, 0.717) is 6.54 Å². The van der Waals surface area contributed by atoms with Gasteiger partial charge in [0.2, 0.25) is 0 Å². The van der Waals surface area contributed by atoms with Crippen LogP contribution < -0.4 is 5.32 Å². The predicted octanol–water partition coefficient (Wildman–Crippen LogP) is 3.98. The molecule has 3 N–H and O–H groups in total. The Hall–Kier alpha value is -2.46. The lowest BCUT2D eigenvalue weighted by molar-refractivity contribution is 0.103. The molecule has 0 saturated carbocycles. The van der Waals surface area contributed by atoms with Crippen molar-refractivity contribution in [3.05, 3.63) is 72.3 Å². The Morgan fingerprint density at radius 2 is 1.31 bits per heavy atom. The van der Waals surface area contributed by atoms with Gasteiger partial charge in [-0.2, -0.15) is 0 Å². The monoisotopic (exact) mass is 345 g/mol. The number of fused-ring (bicyclic) bond motifs is 4. The van der Waals surface area contributed by atoms with E-state index in [1.165, 1.54) is 32.3 Å². The zero-order valence-corrected chi connectivity index (χ0v) is 14.9. The highest BCUT2D eigenvalue weighted by atomic mass is 16.3. The molecule has 0 spiro atoms. The number of hydrogen-bond donors (Lipinski definition) is 3. The minimum atomic E-state index is -0.700. The fraction of sp³-hybridized carbons (Fsp3) is 0.217. The molecule has 0 heterocycles. The Labute approximate surface area is 152 Å². The Kier molecular flexibility index (Phi) is 4.37. The van der Waals surface area contributed by atoms with Gasteiger partial charge in [0.1, 0.15) is 0 Å². The van der Waals surface area contributed by atoms with Crippen molar-refractivity contribution >= 4 is 32.3 Å². The molecule has 0 aliphatic rings. The molecule has 0 saturated heterocycles. The van der Waals surface area contributed by atoms with Crippen LogP contribution in [0.3, 0.4) is 0 Å². The van der Waals surface area contributed by atoms with Crippen molar-refractivity contribution in [1.29, 1.82) is 0 Å². The maximum Gasteiger partial charge on any atom is 0.0633 e. The molecule has 0 unspecified atom stereocenters.